The van der Waals surface area contributed by atoms with Gasteiger partial charge in [0.25, 0.3) is 0 Å². The van der Waals surface area contributed by atoms with Crippen LogP contribution in [0.3, 0.4) is 0 Å². The van der Waals surface area contributed by atoms with Gasteiger partial charge in [0.1, 0.15) is 0 Å². The fraction of sp³-hybridized carbons (Fsp3) is 0.381. The van der Waals surface area contributed by atoms with Gasteiger partial charge in [0.05, 0.1) is 6.61 Å². The van der Waals surface area contributed by atoms with Crippen molar-refractivity contribution in [1.29, 1.82) is 0 Å². The van der Waals surface area contributed by atoms with Gasteiger partial charge < -0.3 is 10.0 Å². The van der Waals surface area contributed by atoms with Crippen molar-refractivity contribution < 1.29 is 5.11 Å². The SMILES string of the molecule is Cc1ccc(/C=C/c2ccc(N(CCO)CCC(C)C)cc2)cn1. The van der Waals surface area contributed by atoms with Gasteiger partial charge in [-0.1, -0.05) is 44.2 Å². The zero-order chi connectivity index (χ0) is 17.4. The summed E-state index contributed by atoms with van der Waals surface area (Å²) in [6, 6.07) is 12.6. The normalized spacial score (nSPS) is 11.4. The largest absolute Gasteiger partial charge is 0.395 e. The van der Waals surface area contributed by atoms with E-state index in [-0.39, 0.29) is 6.61 Å². The van der Waals surface area contributed by atoms with Crippen LogP contribution >= 0.6 is 0 Å². The Kier molecular flexibility index (Phi) is 7.01. The molecule has 0 unspecified atom stereocenters. The standard InChI is InChI=1S/C21H28N2O/c1-17(2)12-13-23(14-15-24)21-10-8-19(9-11-21)6-7-20-5-4-18(3)22-16-20/h4-11,16-17,24H,12-15H2,1-3H3/b7-6+. The lowest BCUT2D eigenvalue weighted by Gasteiger charge is -2.25. The average molecular weight is 324 g/mol. The number of pyridine rings is 1. The average Bonchev–Trinajstić information content (AvgIpc) is 2.58. The Labute approximate surface area is 145 Å². The maximum absolute atomic E-state index is 9.29. The second-order valence-electron chi connectivity index (χ2n) is 6.55. The predicted octanol–water partition coefficient (Wildman–Crippen LogP) is 4.41. The van der Waals surface area contributed by atoms with Crippen molar-refractivity contribution in [3.05, 3.63) is 59.4 Å². The van der Waals surface area contributed by atoms with Crippen LogP contribution in [-0.4, -0.2) is 29.8 Å². The number of aryl methyl sites for hydroxylation is 1. The van der Waals surface area contributed by atoms with Gasteiger partial charge in [-0.15, -0.1) is 0 Å². The summed E-state index contributed by atoms with van der Waals surface area (Å²) in [5, 5.41) is 9.29. The molecular weight excluding hydrogens is 296 g/mol. The van der Waals surface area contributed by atoms with E-state index in [1.165, 1.54) is 5.69 Å². The summed E-state index contributed by atoms with van der Waals surface area (Å²) < 4.78 is 0. The number of aliphatic hydroxyl groups is 1. The zero-order valence-electron chi connectivity index (χ0n) is 14.9. The van der Waals surface area contributed by atoms with Crippen molar-refractivity contribution in [3.63, 3.8) is 0 Å². The third-order valence-electron chi connectivity index (χ3n) is 4.01. The Bertz CT molecular complexity index is 630. The second kappa shape index (κ2) is 9.24. The van der Waals surface area contributed by atoms with Crippen molar-refractivity contribution in [2.75, 3.05) is 24.6 Å². The fourth-order valence-electron chi connectivity index (χ4n) is 2.47. The van der Waals surface area contributed by atoms with Crippen LogP contribution in [0.5, 0.6) is 0 Å². The molecular formula is C21H28N2O. The van der Waals surface area contributed by atoms with Crippen molar-refractivity contribution in [2.24, 2.45) is 5.92 Å². The van der Waals surface area contributed by atoms with Gasteiger partial charge in [-0.2, -0.15) is 0 Å². The van der Waals surface area contributed by atoms with Gasteiger partial charge in [-0.05, 0) is 48.6 Å². The fourth-order valence-corrected chi connectivity index (χ4v) is 2.47. The molecule has 0 radical (unpaired) electrons. The summed E-state index contributed by atoms with van der Waals surface area (Å²) in [6.07, 6.45) is 7.18. The molecule has 0 saturated heterocycles. The molecule has 2 aromatic rings. The quantitative estimate of drug-likeness (QED) is 0.781. The molecule has 0 saturated carbocycles. The van der Waals surface area contributed by atoms with Crippen molar-refractivity contribution in [3.8, 4) is 0 Å². The third kappa shape index (κ3) is 5.82. The maximum atomic E-state index is 9.29. The molecule has 0 atom stereocenters. The van der Waals surface area contributed by atoms with Gasteiger partial charge >= 0.3 is 0 Å². The lowest BCUT2D eigenvalue weighted by Crippen LogP contribution is -2.28. The number of benzene rings is 1. The van der Waals surface area contributed by atoms with Gasteiger partial charge in [0.2, 0.25) is 0 Å². The van der Waals surface area contributed by atoms with Crippen molar-refractivity contribution >= 4 is 17.8 Å². The first-order valence-corrected chi connectivity index (χ1v) is 8.65. The maximum Gasteiger partial charge on any atom is 0.0606 e. The lowest BCUT2D eigenvalue weighted by atomic mass is 10.1. The van der Waals surface area contributed by atoms with E-state index in [0.29, 0.717) is 12.5 Å². The molecule has 1 N–H and O–H groups in total. The Morgan fingerprint density at radius 2 is 1.67 bits per heavy atom. The summed E-state index contributed by atoms with van der Waals surface area (Å²) >= 11 is 0. The van der Waals surface area contributed by atoms with Crippen LogP contribution in [0.25, 0.3) is 12.2 Å². The molecule has 0 aliphatic rings. The van der Waals surface area contributed by atoms with Gasteiger partial charge in [-0.25, -0.2) is 0 Å². The molecule has 0 spiro atoms. The third-order valence-corrected chi connectivity index (χ3v) is 4.01. The zero-order valence-corrected chi connectivity index (χ0v) is 14.9. The van der Waals surface area contributed by atoms with Crippen molar-refractivity contribution in [2.45, 2.75) is 27.2 Å². The highest BCUT2D eigenvalue weighted by Crippen LogP contribution is 2.18. The van der Waals surface area contributed by atoms with Crippen LogP contribution in [-0.2, 0) is 0 Å². The molecule has 1 aromatic heterocycles. The molecule has 3 nitrogen and oxygen atoms in total. The molecule has 128 valence electrons. The molecule has 24 heavy (non-hydrogen) atoms. The van der Waals surface area contributed by atoms with Crippen molar-refractivity contribution in [1.82, 2.24) is 4.98 Å². The van der Waals surface area contributed by atoms with E-state index in [9.17, 15) is 5.11 Å². The monoisotopic (exact) mass is 324 g/mol. The van der Waals surface area contributed by atoms with Crippen LogP contribution in [0.1, 0.15) is 37.1 Å². The molecule has 2 rings (SSSR count). The van der Waals surface area contributed by atoms with Crippen LogP contribution in [0.2, 0.25) is 0 Å². The first kappa shape index (κ1) is 18.2. The molecule has 0 aliphatic carbocycles. The smallest absolute Gasteiger partial charge is 0.0606 e. The summed E-state index contributed by atoms with van der Waals surface area (Å²) in [4.78, 5) is 6.55. The highest BCUT2D eigenvalue weighted by Gasteiger charge is 2.06. The number of anilines is 1. The molecule has 0 amide bonds. The minimum Gasteiger partial charge on any atom is -0.395 e. The first-order chi connectivity index (χ1) is 11.6. The van der Waals surface area contributed by atoms with Crippen LogP contribution < -0.4 is 4.90 Å². The highest BCUT2D eigenvalue weighted by molar-refractivity contribution is 5.70. The predicted molar refractivity (Wildman–Crippen MR) is 103 cm³/mol. The van der Waals surface area contributed by atoms with E-state index in [1.807, 2.05) is 19.2 Å². The van der Waals surface area contributed by atoms with E-state index in [1.54, 1.807) is 0 Å². The molecule has 1 heterocycles. The van der Waals surface area contributed by atoms with Gasteiger partial charge in [0, 0.05) is 30.7 Å². The Morgan fingerprint density at radius 1 is 1.00 bits per heavy atom. The number of rotatable bonds is 8. The number of hydrogen-bond donors (Lipinski definition) is 1. The molecule has 0 aliphatic heterocycles. The first-order valence-electron chi connectivity index (χ1n) is 8.65. The summed E-state index contributed by atoms with van der Waals surface area (Å²) in [5.74, 6) is 0.663. The van der Waals surface area contributed by atoms with E-state index in [0.717, 1.165) is 29.8 Å². The molecule has 0 bridgehead atoms. The topological polar surface area (TPSA) is 36.4 Å². The Hall–Kier alpha value is -2.13. The van der Waals surface area contributed by atoms with Gasteiger partial charge in [0.15, 0.2) is 0 Å². The minimum absolute atomic E-state index is 0.181. The number of hydrogen-bond acceptors (Lipinski definition) is 3. The van der Waals surface area contributed by atoms with Gasteiger partial charge in [-0.3, -0.25) is 4.98 Å². The van der Waals surface area contributed by atoms with Crippen LogP contribution in [0.15, 0.2) is 42.6 Å². The Balaban J connectivity index is 2.03. The number of aromatic nitrogens is 1. The highest BCUT2D eigenvalue weighted by atomic mass is 16.3. The Morgan fingerprint density at radius 3 is 2.25 bits per heavy atom. The summed E-state index contributed by atoms with van der Waals surface area (Å²) in [6.45, 7) is 8.28. The van der Waals surface area contributed by atoms with E-state index < -0.39 is 0 Å². The molecule has 3 heteroatoms. The number of nitrogens with zero attached hydrogens (tertiary/aromatic N) is 2. The second-order valence-corrected chi connectivity index (χ2v) is 6.55. The van der Waals surface area contributed by atoms with E-state index >= 15 is 0 Å². The van der Waals surface area contributed by atoms with E-state index in [2.05, 4.69) is 66.2 Å². The van der Waals surface area contributed by atoms with Crippen LogP contribution in [0.4, 0.5) is 5.69 Å². The van der Waals surface area contributed by atoms with E-state index in [4.69, 9.17) is 0 Å². The number of aliphatic hydroxyl groups excluding tert-OH is 1. The minimum atomic E-state index is 0.181. The lowest BCUT2D eigenvalue weighted by molar-refractivity contribution is 0.301. The summed E-state index contributed by atoms with van der Waals surface area (Å²) in [7, 11) is 0. The summed E-state index contributed by atoms with van der Waals surface area (Å²) in [5.41, 5.74) is 4.45. The van der Waals surface area contributed by atoms with Crippen LogP contribution in [0, 0.1) is 12.8 Å². The molecule has 1 aromatic carbocycles. The molecule has 0 fully saturated rings.